The molecule has 0 aliphatic rings. The molecule has 0 saturated carbocycles. The average molecular weight is 402 g/mol. The molecule has 144 valence electrons. The predicted molar refractivity (Wildman–Crippen MR) is 103 cm³/mol. The lowest BCUT2D eigenvalue weighted by molar-refractivity contribution is 0.102. The number of hydrogen-bond donors (Lipinski definition) is 2. The molecule has 1 amide bonds. The second-order valence-corrected chi connectivity index (χ2v) is 7.70. The summed E-state index contributed by atoms with van der Waals surface area (Å²) in [4.78, 5) is 11.7. The van der Waals surface area contributed by atoms with Crippen LogP contribution in [0.1, 0.15) is 15.9 Å². The molecule has 3 rings (SSSR count). The summed E-state index contributed by atoms with van der Waals surface area (Å²) < 4.78 is 54.4. The number of rotatable bonds is 5. The summed E-state index contributed by atoms with van der Waals surface area (Å²) in [7, 11) is -4.45. The number of nitrogens with one attached hydrogen (secondary N) is 2. The summed E-state index contributed by atoms with van der Waals surface area (Å²) >= 11 is 0. The smallest absolute Gasteiger partial charge is 0.264 e. The third kappa shape index (κ3) is 4.34. The molecule has 0 bridgehead atoms. The van der Waals surface area contributed by atoms with Gasteiger partial charge in [0.15, 0.2) is 0 Å². The Balaban J connectivity index is 1.90. The largest absolute Gasteiger partial charge is 0.322 e. The number of hydrogen-bond acceptors (Lipinski definition) is 3. The van der Waals surface area contributed by atoms with Crippen molar-refractivity contribution in [3.63, 3.8) is 0 Å². The summed E-state index contributed by atoms with van der Waals surface area (Å²) in [6, 6.07) is 15.0. The van der Waals surface area contributed by atoms with E-state index in [0.717, 1.165) is 17.7 Å². The van der Waals surface area contributed by atoms with Gasteiger partial charge in [-0.25, -0.2) is 17.2 Å². The summed E-state index contributed by atoms with van der Waals surface area (Å²) in [5, 5.41) is 2.66. The SMILES string of the molecule is Cc1ccc(NC(=O)c2ccccc2NS(=O)(=O)c2cc(F)ccc2F)cc1. The monoisotopic (exact) mass is 402 g/mol. The predicted octanol–water partition coefficient (Wildman–Crippen LogP) is 4.33. The van der Waals surface area contributed by atoms with Crippen LogP contribution in [0.3, 0.4) is 0 Å². The molecule has 3 aromatic carbocycles. The van der Waals surface area contributed by atoms with Crippen LogP contribution in [-0.2, 0) is 10.0 Å². The Labute approximate surface area is 161 Å². The first-order valence-corrected chi connectivity index (χ1v) is 9.69. The summed E-state index contributed by atoms with van der Waals surface area (Å²) in [5.41, 5.74) is 1.52. The van der Waals surface area contributed by atoms with Gasteiger partial charge in [-0.1, -0.05) is 29.8 Å². The van der Waals surface area contributed by atoms with Gasteiger partial charge in [0, 0.05) is 5.69 Å². The van der Waals surface area contributed by atoms with Crippen LogP contribution >= 0.6 is 0 Å². The Hall–Kier alpha value is -3.26. The molecule has 0 saturated heterocycles. The first-order chi connectivity index (χ1) is 13.3. The summed E-state index contributed by atoms with van der Waals surface area (Å²) in [6.07, 6.45) is 0. The van der Waals surface area contributed by atoms with Gasteiger partial charge in [0.25, 0.3) is 15.9 Å². The molecule has 2 N–H and O–H groups in total. The fourth-order valence-electron chi connectivity index (χ4n) is 2.49. The van der Waals surface area contributed by atoms with Gasteiger partial charge in [0.1, 0.15) is 16.5 Å². The van der Waals surface area contributed by atoms with E-state index in [1.54, 1.807) is 18.2 Å². The number of carbonyl (C=O) groups is 1. The van der Waals surface area contributed by atoms with Crippen LogP contribution in [-0.4, -0.2) is 14.3 Å². The van der Waals surface area contributed by atoms with E-state index in [9.17, 15) is 22.0 Å². The van der Waals surface area contributed by atoms with Crippen LogP contribution in [0.5, 0.6) is 0 Å². The van der Waals surface area contributed by atoms with Crippen molar-refractivity contribution < 1.29 is 22.0 Å². The van der Waals surface area contributed by atoms with Gasteiger partial charge in [0.05, 0.1) is 11.3 Å². The first-order valence-electron chi connectivity index (χ1n) is 8.21. The maximum atomic E-state index is 13.9. The maximum Gasteiger partial charge on any atom is 0.264 e. The van der Waals surface area contributed by atoms with Crippen molar-refractivity contribution in [2.45, 2.75) is 11.8 Å². The molecule has 0 aliphatic heterocycles. The maximum absolute atomic E-state index is 13.9. The zero-order chi connectivity index (χ0) is 20.3. The molecule has 0 unspecified atom stereocenters. The van der Waals surface area contributed by atoms with Gasteiger partial charge in [-0.15, -0.1) is 0 Å². The van der Waals surface area contributed by atoms with E-state index in [0.29, 0.717) is 11.8 Å². The number of carbonyl (C=O) groups excluding carboxylic acids is 1. The molecule has 3 aromatic rings. The fourth-order valence-corrected chi connectivity index (χ4v) is 3.66. The Kier molecular flexibility index (Phi) is 5.41. The van der Waals surface area contributed by atoms with Gasteiger partial charge in [0.2, 0.25) is 0 Å². The second kappa shape index (κ2) is 7.77. The standard InChI is InChI=1S/C20H16F2N2O3S/c1-13-6-9-15(10-7-13)23-20(25)16-4-2-3-5-18(16)24-28(26,27)19-12-14(21)8-11-17(19)22/h2-12,24H,1H3,(H,23,25). The zero-order valence-electron chi connectivity index (χ0n) is 14.7. The van der Waals surface area contributed by atoms with Gasteiger partial charge >= 0.3 is 0 Å². The Morgan fingerprint density at radius 1 is 0.929 bits per heavy atom. The molecule has 5 nitrogen and oxygen atoms in total. The fraction of sp³-hybridized carbons (Fsp3) is 0.0500. The first kappa shape index (κ1) is 19.5. The highest BCUT2D eigenvalue weighted by molar-refractivity contribution is 7.92. The van der Waals surface area contributed by atoms with E-state index in [1.807, 2.05) is 19.1 Å². The molecule has 0 fully saturated rings. The Morgan fingerprint density at radius 3 is 2.32 bits per heavy atom. The van der Waals surface area contributed by atoms with Gasteiger partial charge in [-0.05, 0) is 49.4 Å². The van der Waals surface area contributed by atoms with Crippen LogP contribution in [0.25, 0.3) is 0 Å². The van der Waals surface area contributed by atoms with Crippen molar-refractivity contribution in [2.24, 2.45) is 0 Å². The molecule has 0 atom stereocenters. The van der Waals surface area contributed by atoms with Crippen LogP contribution in [0.15, 0.2) is 71.6 Å². The quantitative estimate of drug-likeness (QED) is 0.667. The molecular formula is C20H16F2N2O3S. The van der Waals surface area contributed by atoms with Crippen LogP contribution < -0.4 is 10.0 Å². The van der Waals surface area contributed by atoms with Gasteiger partial charge < -0.3 is 5.32 Å². The van der Waals surface area contributed by atoms with E-state index < -0.39 is 32.5 Å². The third-order valence-corrected chi connectivity index (χ3v) is 5.29. The molecule has 28 heavy (non-hydrogen) atoms. The number of sulfonamides is 1. The molecular weight excluding hydrogens is 386 g/mol. The second-order valence-electron chi connectivity index (χ2n) is 6.05. The number of amides is 1. The van der Waals surface area contributed by atoms with Crippen molar-refractivity contribution in [3.05, 3.63) is 89.5 Å². The minimum absolute atomic E-state index is 0.0310. The summed E-state index contributed by atoms with van der Waals surface area (Å²) in [5.74, 6) is -2.55. The van der Waals surface area contributed by atoms with Crippen molar-refractivity contribution >= 4 is 27.3 Å². The highest BCUT2D eigenvalue weighted by Crippen LogP contribution is 2.23. The normalized spacial score (nSPS) is 11.1. The lowest BCUT2D eigenvalue weighted by Gasteiger charge is -2.13. The van der Waals surface area contributed by atoms with Gasteiger partial charge in [-0.3, -0.25) is 9.52 Å². The van der Waals surface area contributed by atoms with Crippen molar-refractivity contribution in [3.8, 4) is 0 Å². The molecule has 0 aromatic heterocycles. The van der Waals surface area contributed by atoms with Gasteiger partial charge in [-0.2, -0.15) is 0 Å². The lowest BCUT2D eigenvalue weighted by Crippen LogP contribution is -2.19. The van der Waals surface area contributed by atoms with E-state index in [-0.39, 0.29) is 11.3 Å². The molecule has 0 radical (unpaired) electrons. The highest BCUT2D eigenvalue weighted by atomic mass is 32.2. The third-order valence-electron chi connectivity index (χ3n) is 3.91. The van der Waals surface area contributed by atoms with E-state index in [1.165, 1.54) is 18.2 Å². The molecule has 0 spiro atoms. The summed E-state index contributed by atoms with van der Waals surface area (Å²) in [6.45, 7) is 1.90. The lowest BCUT2D eigenvalue weighted by atomic mass is 10.1. The minimum Gasteiger partial charge on any atom is -0.322 e. The molecule has 8 heteroatoms. The van der Waals surface area contributed by atoms with Crippen molar-refractivity contribution in [2.75, 3.05) is 10.0 Å². The van der Waals surface area contributed by atoms with E-state index in [2.05, 4.69) is 10.0 Å². The van der Waals surface area contributed by atoms with Crippen molar-refractivity contribution in [1.82, 2.24) is 0 Å². The van der Waals surface area contributed by atoms with Crippen LogP contribution in [0, 0.1) is 18.6 Å². The molecule has 0 heterocycles. The molecule has 0 aliphatic carbocycles. The minimum atomic E-state index is -4.45. The number of benzene rings is 3. The topological polar surface area (TPSA) is 75.3 Å². The number of halogens is 2. The number of anilines is 2. The van der Waals surface area contributed by atoms with Crippen molar-refractivity contribution in [1.29, 1.82) is 0 Å². The number of para-hydroxylation sites is 1. The van der Waals surface area contributed by atoms with Crippen LogP contribution in [0.4, 0.5) is 20.2 Å². The Morgan fingerprint density at radius 2 is 1.61 bits per heavy atom. The highest BCUT2D eigenvalue weighted by Gasteiger charge is 2.22. The average Bonchev–Trinajstić information content (AvgIpc) is 2.65. The van der Waals surface area contributed by atoms with E-state index in [4.69, 9.17) is 0 Å². The van der Waals surface area contributed by atoms with E-state index >= 15 is 0 Å². The zero-order valence-corrected chi connectivity index (χ0v) is 15.6. The number of aryl methyl sites for hydroxylation is 1. The van der Waals surface area contributed by atoms with Crippen LogP contribution in [0.2, 0.25) is 0 Å². The Bertz CT molecular complexity index is 1130.